The summed E-state index contributed by atoms with van der Waals surface area (Å²) in [7, 11) is 1.78. The van der Waals surface area contributed by atoms with Gasteiger partial charge in [-0.25, -0.2) is 9.97 Å². The van der Waals surface area contributed by atoms with Gasteiger partial charge in [-0.15, -0.1) is 0 Å². The van der Waals surface area contributed by atoms with Crippen molar-refractivity contribution in [3.63, 3.8) is 0 Å². The lowest BCUT2D eigenvalue weighted by molar-refractivity contribution is 0.0132. The van der Waals surface area contributed by atoms with Gasteiger partial charge in [-0.3, -0.25) is 0 Å². The summed E-state index contributed by atoms with van der Waals surface area (Å²) >= 11 is 0. The standard InChI is InChI=1S/C15H20N4O2/c1-15(21,10-20)9-17-13-8-12(16-2)18-14(19-13)11-6-4-3-5-7-11/h3-8,20-21H,9-10H2,1-2H3,(H2,16,17,18,19). The van der Waals surface area contributed by atoms with Crippen LogP contribution in [0.5, 0.6) is 0 Å². The number of anilines is 2. The van der Waals surface area contributed by atoms with E-state index in [2.05, 4.69) is 20.6 Å². The van der Waals surface area contributed by atoms with Gasteiger partial charge in [0.05, 0.1) is 6.61 Å². The molecule has 0 saturated heterocycles. The Bertz CT molecular complexity index is 587. The molecule has 1 unspecified atom stereocenters. The number of benzene rings is 1. The van der Waals surface area contributed by atoms with E-state index in [0.29, 0.717) is 17.5 Å². The van der Waals surface area contributed by atoms with Gasteiger partial charge in [0.2, 0.25) is 0 Å². The van der Waals surface area contributed by atoms with Gasteiger partial charge in [-0.1, -0.05) is 30.3 Å². The molecule has 4 N–H and O–H groups in total. The second kappa shape index (κ2) is 6.51. The maximum absolute atomic E-state index is 9.83. The van der Waals surface area contributed by atoms with Gasteiger partial charge in [-0.2, -0.15) is 0 Å². The van der Waals surface area contributed by atoms with Gasteiger partial charge < -0.3 is 20.8 Å². The molecule has 6 nitrogen and oxygen atoms in total. The first-order chi connectivity index (χ1) is 10.0. The quantitative estimate of drug-likeness (QED) is 0.641. The largest absolute Gasteiger partial charge is 0.393 e. The highest BCUT2D eigenvalue weighted by Crippen LogP contribution is 2.20. The van der Waals surface area contributed by atoms with Crippen molar-refractivity contribution < 1.29 is 10.2 Å². The van der Waals surface area contributed by atoms with Crippen LogP contribution in [0, 0.1) is 0 Å². The van der Waals surface area contributed by atoms with Crippen molar-refractivity contribution in [3.8, 4) is 11.4 Å². The number of hydrogen-bond donors (Lipinski definition) is 4. The highest BCUT2D eigenvalue weighted by molar-refractivity contribution is 5.61. The van der Waals surface area contributed by atoms with Crippen LogP contribution < -0.4 is 10.6 Å². The van der Waals surface area contributed by atoms with E-state index in [-0.39, 0.29) is 13.2 Å². The lowest BCUT2D eigenvalue weighted by Gasteiger charge is -2.21. The molecule has 21 heavy (non-hydrogen) atoms. The van der Waals surface area contributed by atoms with Crippen LogP contribution in [0.25, 0.3) is 11.4 Å². The summed E-state index contributed by atoms with van der Waals surface area (Å²) in [6, 6.07) is 11.4. The molecule has 2 rings (SSSR count). The molecule has 1 heterocycles. The molecule has 2 aromatic rings. The van der Waals surface area contributed by atoms with E-state index in [0.717, 1.165) is 5.56 Å². The van der Waals surface area contributed by atoms with Crippen molar-refractivity contribution in [2.24, 2.45) is 0 Å². The molecule has 0 aliphatic carbocycles. The van der Waals surface area contributed by atoms with Gasteiger partial charge in [0, 0.05) is 25.2 Å². The molecule has 6 heteroatoms. The first-order valence-corrected chi connectivity index (χ1v) is 6.73. The predicted octanol–water partition coefficient (Wildman–Crippen LogP) is 1.34. The Kier molecular flexibility index (Phi) is 4.72. The molecule has 112 valence electrons. The monoisotopic (exact) mass is 288 g/mol. The van der Waals surface area contributed by atoms with Crippen molar-refractivity contribution in [3.05, 3.63) is 36.4 Å². The molecule has 0 saturated carbocycles. The number of aromatic nitrogens is 2. The molecular weight excluding hydrogens is 268 g/mol. The maximum Gasteiger partial charge on any atom is 0.163 e. The zero-order chi connectivity index (χ0) is 15.3. The SMILES string of the molecule is CNc1cc(NCC(C)(O)CO)nc(-c2ccccc2)n1. The fourth-order valence-corrected chi connectivity index (χ4v) is 1.72. The summed E-state index contributed by atoms with van der Waals surface area (Å²) in [6.07, 6.45) is 0. The van der Waals surface area contributed by atoms with Crippen molar-refractivity contribution >= 4 is 11.6 Å². The third-order valence-corrected chi connectivity index (χ3v) is 3.01. The Morgan fingerprint density at radius 2 is 1.81 bits per heavy atom. The smallest absolute Gasteiger partial charge is 0.163 e. The summed E-state index contributed by atoms with van der Waals surface area (Å²) in [5, 5.41) is 24.9. The average Bonchev–Trinajstić information content (AvgIpc) is 2.53. The van der Waals surface area contributed by atoms with Crippen molar-refractivity contribution in [2.45, 2.75) is 12.5 Å². The lowest BCUT2D eigenvalue weighted by Crippen LogP contribution is -2.37. The van der Waals surface area contributed by atoms with Crippen molar-refractivity contribution in [2.75, 3.05) is 30.8 Å². The van der Waals surface area contributed by atoms with Crippen LogP contribution >= 0.6 is 0 Å². The minimum absolute atomic E-state index is 0.192. The van der Waals surface area contributed by atoms with Crippen LogP contribution in [0.3, 0.4) is 0 Å². The molecule has 0 aliphatic rings. The Hall–Kier alpha value is -2.18. The van der Waals surface area contributed by atoms with Crippen LogP contribution in [0.4, 0.5) is 11.6 Å². The fourth-order valence-electron chi connectivity index (χ4n) is 1.72. The van der Waals surface area contributed by atoms with Crippen LogP contribution in [0.15, 0.2) is 36.4 Å². The molecule has 0 radical (unpaired) electrons. The summed E-state index contributed by atoms with van der Waals surface area (Å²) < 4.78 is 0. The normalized spacial score (nSPS) is 13.5. The number of aliphatic hydroxyl groups excluding tert-OH is 1. The van der Waals surface area contributed by atoms with E-state index in [4.69, 9.17) is 5.11 Å². The topological polar surface area (TPSA) is 90.3 Å². The van der Waals surface area contributed by atoms with Crippen LogP contribution in [-0.4, -0.2) is 46.0 Å². The van der Waals surface area contributed by atoms with Gasteiger partial charge in [-0.05, 0) is 6.92 Å². The molecule has 0 bridgehead atoms. The first-order valence-electron chi connectivity index (χ1n) is 6.73. The summed E-state index contributed by atoms with van der Waals surface area (Å²) in [5.41, 5.74) is -0.288. The van der Waals surface area contributed by atoms with E-state index in [1.165, 1.54) is 0 Å². The summed E-state index contributed by atoms with van der Waals surface area (Å²) in [5.74, 6) is 1.85. The third kappa shape index (κ3) is 4.14. The number of rotatable bonds is 6. The molecular formula is C15H20N4O2. The van der Waals surface area contributed by atoms with Crippen LogP contribution in [0.2, 0.25) is 0 Å². The van der Waals surface area contributed by atoms with E-state index >= 15 is 0 Å². The van der Waals surface area contributed by atoms with E-state index in [9.17, 15) is 5.11 Å². The first kappa shape index (κ1) is 15.2. The number of nitrogens with one attached hydrogen (secondary N) is 2. The molecule has 1 aromatic heterocycles. The highest BCUT2D eigenvalue weighted by Gasteiger charge is 2.19. The highest BCUT2D eigenvalue weighted by atomic mass is 16.3. The fraction of sp³-hybridized carbons (Fsp3) is 0.333. The molecule has 0 spiro atoms. The lowest BCUT2D eigenvalue weighted by atomic mass is 10.1. The Morgan fingerprint density at radius 3 is 2.43 bits per heavy atom. The zero-order valence-corrected chi connectivity index (χ0v) is 12.2. The summed E-state index contributed by atoms with van der Waals surface area (Å²) in [4.78, 5) is 8.85. The second-order valence-electron chi connectivity index (χ2n) is 5.09. The third-order valence-electron chi connectivity index (χ3n) is 3.01. The Morgan fingerprint density at radius 1 is 1.14 bits per heavy atom. The van der Waals surface area contributed by atoms with Crippen molar-refractivity contribution in [1.29, 1.82) is 0 Å². The molecule has 1 aromatic carbocycles. The number of aliphatic hydroxyl groups is 2. The van der Waals surface area contributed by atoms with Crippen LogP contribution in [0.1, 0.15) is 6.92 Å². The second-order valence-corrected chi connectivity index (χ2v) is 5.09. The van der Waals surface area contributed by atoms with E-state index in [1.807, 2.05) is 30.3 Å². The van der Waals surface area contributed by atoms with Gasteiger partial charge in [0.1, 0.15) is 17.2 Å². The van der Waals surface area contributed by atoms with Crippen molar-refractivity contribution in [1.82, 2.24) is 9.97 Å². The minimum atomic E-state index is -1.20. The predicted molar refractivity (Wildman–Crippen MR) is 83.2 cm³/mol. The Labute approximate surface area is 123 Å². The molecule has 0 aliphatic heterocycles. The maximum atomic E-state index is 9.83. The zero-order valence-electron chi connectivity index (χ0n) is 12.2. The summed E-state index contributed by atoms with van der Waals surface area (Å²) in [6.45, 7) is 1.42. The number of hydrogen-bond acceptors (Lipinski definition) is 6. The van der Waals surface area contributed by atoms with E-state index < -0.39 is 5.60 Å². The molecule has 0 amide bonds. The Balaban J connectivity index is 2.26. The molecule has 0 fully saturated rings. The van der Waals surface area contributed by atoms with Gasteiger partial charge in [0.15, 0.2) is 5.82 Å². The van der Waals surface area contributed by atoms with Gasteiger partial charge >= 0.3 is 0 Å². The van der Waals surface area contributed by atoms with E-state index in [1.54, 1.807) is 20.0 Å². The van der Waals surface area contributed by atoms with Gasteiger partial charge in [0.25, 0.3) is 0 Å². The average molecular weight is 288 g/mol. The minimum Gasteiger partial charge on any atom is -0.393 e. The number of nitrogens with zero attached hydrogens (tertiary/aromatic N) is 2. The molecule has 1 atom stereocenters. The van der Waals surface area contributed by atoms with Crippen LogP contribution in [-0.2, 0) is 0 Å².